The van der Waals surface area contributed by atoms with Crippen LogP contribution in [0, 0.1) is 33.3 Å². The standard InChI is InChI=1S/C27H30FNO3.C26H28FNO3.Na.H2O/c1-31-25(30)27(9-10-27)17-29-15-26(16-29)12-19-7-8-21(11-20(19)13-26)32-14-23-22(18-5-6-18)3-2-4-24(23)28;27-23-3-1-2-21(17-4-5-17)22(23)13-31-20-7-6-18-11-25(12-19(18)10-20)14-28(15-25)16-26(8-9-26)24(29)30;;/h2-4,7-8,11,18H,5-6,9-10,12-17H2,1H3;1-3,6-7,10,17H,4-5,8-9,11-16H2,(H,29,30);;1H2/q;;+1;/p-1. The number of nitrogens with zero attached hydrogens (tertiary/aromatic N) is 2. The molecular weight excluding hydrogens is 838 g/mol. The predicted molar refractivity (Wildman–Crippen MR) is 236 cm³/mol. The van der Waals surface area contributed by atoms with Crippen molar-refractivity contribution in [1.29, 1.82) is 0 Å². The third-order valence-corrected chi connectivity index (χ3v) is 15.8. The monoisotopic (exact) mass is 896 g/mol. The van der Waals surface area contributed by atoms with Crippen molar-refractivity contribution in [3.8, 4) is 11.5 Å². The van der Waals surface area contributed by atoms with Crippen molar-refractivity contribution in [1.82, 2.24) is 9.80 Å². The second-order valence-corrected chi connectivity index (χ2v) is 21.0. The number of fused-ring (bicyclic) bond motifs is 2. The van der Waals surface area contributed by atoms with Crippen LogP contribution in [0.4, 0.5) is 8.78 Å². The van der Waals surface area contributed by atoms with Gasteiger partial charge in [-0.2, -0.15) is 0 Å². The summed E-state index contributed by atoms with van der Waals surface area (Å²) < 4.78 is 46.0. The predicted octanol–water partition coefficient (Wildman–Crippen LogP) is 6.01. The maximum atomic E-state index is 14.4. The van der Waals surface area contributed by atoms with Gasteiger partial charge in [0.2, 0.25) is 0 Å². The summed E-state index contributed by atoms with van der Waals surface area (Å²) in [4.78, 5) is 28.3. The molecule has 6 aliphatic carbocycles. The number of hydrogen-bond acceptors (Lipinski definition) is 8. The van der Waals surface area contributed by atoms with E-state index in [4.69, 9.17) is 14.2 Å². The van der Waals surface area contributed by atoms with Crippen molar-refractivity contribution < 1.29 is 72.7 Å². The number of halogens is 2. The molecule has 0 radical (unpaired) electrons. The molecule has 8 aliphatic rings. The van der Waals surface area contributed by atoms with E-state index < -0.39 is 11.4 Å². The molecular formula is C53H59F2N2NaO7. The minimum Gasteiger partial charge on any atom is -0.870 e. The van der Waals surface area contributed by atoms with Crippen molar-refractivity contribution >= 4 is 11.9 Å². The van der Waals surface area contributed by atoms with Gasteiger partial charge in [0, 0.05) is 61.2 Å². The number of aliphatic carboxylic acids is 1. The van der Waals surface area contributed by atoms with Crippen LogP contribution in [-0.4, -0.2) is 78.7 Å². The Morgan fingerprint density at radius 2 is 1.05 bits per heavy atom. The Morgan fingerprint density at radius 1 is 0.631 bits per heavy atom. The van der Waals surface area contributed by atoms with Crippen LogP contribution in [0.5, 0.6) is 11.5 Å². The van der Waals surface area contributed by atoms with Gasteiger partial charge in [0.25, 0.3) is 0 Å². The van der Waals surface area contributed by atoms with Crippen molar-refractivity contribution in [2.75, 3.05) is 46.4 Å². The summed E-state index contributed by atoms with van der Waals surface area (Å²) in [6.07, 6.45) is 12.3. The fourth-order valence-electron chi connectivity index (χ4n) is 11.8. The van der Waals surface area contributed by atoms with Crippen molar-refractivity contribution in [3.05, 3.63) is 129 Å². The van der Waals surface area contributed by atoms with Crippen LogP contribution in [0.2, 0.25) is 0 Å². The van der Waals surface area contributed by atoms with E-state index in [1.807, 2.05) is 24.3 Å². The zero-order valence-corrected chi connectivity index (χ0v) is 39.8. The Labute approximate surface area is 402 Å². The molecule has 0 atom stereocenters. The summed E-state index contributed by atoms with van der Waals surface area (Å²) in [7, 11) is 1.49. The minimum atomic E-state index is -0.635. The molecule has 12 rings (SSSR count). The molecule has 0 bridgehead atoms. The van der Waals surface area contributed by atoms with E-state index in [0.29, 0.717) is 29.5 Å². The number of rotatable bonds is 14. The van der Waals surface area contributed by atoms with Gasteiger partial charge >= 0.3 is 41.5 Å². The second kappa shape index (κ2) is 17.7. The molecule has 4 aromatic carbocycles. The molecule has 338 valence electrons. The molecule has 4 saturated carbocycles. The topological polar surface area (TPSA) is 119 Å². The van der Waals surface area contributed by atoms with Crippen LogP contribution >= 0.6 is 0 Å². The summed E-state index contributed by atoms with van der Waals surface area (Å²) >= 11 is 0. The largest absolute Gasteiger partial charge is 1.00 e. The fourth-order valence-corrected chi connectivity index (χ4v) is 11.8. The Balaban J connectivity index is 0.000000159. The van der Waals surface area contributed by atoms with Gasteiger partial charge in [0.1, 0.15) is 36.3 Å². The molecule has 2 spiro atoms. The smallest absolute Gasteiger partial charge is 0.870 e. The number of carboxylic acid groups (broad SMARTS) is 1. The van der Waals surface area contributed by atoms with E-state index >= 15 is 0 Å². The number of carbonyl (C=O) groups is 2. The maximum Gasteiger partial charge on any atom is 1.00 e. The Hall–Kier alpha value is -3.84. The van der Waals surface area contributed by atoms with E-state index in [2.05, 4.69) is 34.1 Å². The zero-order valence-electron chi connectivity index (χ0n) is 37.8. The van der Waals surface area contributed by atoms with Crippen LogP contribution in [-0.2, 0) is 53.2 Å². The number of benzene rings is 4. The number of methoxy groups -OCH3 is 1. The van der Waals surface area contributed by atoms with E-state index in [9.17, 15) is 23.5 Å². The van der Waals surface area contributed by atoms with Crippen LogP contribution in [0.15, 0.2) is 72.8 Å². The fraction of sp³-hybridized carbons (Fsp3) is 0.509. The first-order valence-electron chi connectivity index (χ1n) is 23.3. The summed E-state index contributed by atoms with van der Waals surface area (Å²) in [5, 5.41) is 9.44. The molecule has 2 N–H and O–H groups in total. The second-order valence-electron chi connectivity index (χ2n) is 21.0. The minimum absolute atomic E-state index is 0. The van der Waals surface area contributed by atoms with Gasteiger partial charge in [-0.15, -0.1) is 0 Å². The molecule has 65 heavy (non-hydrogen) atoms. The number of ether oxygens (including phenoxy) is 3. The Morgan fingerprint density at radius 3 is 1.43 bits per heavy atom. The number of likely N-dealkylation sites (tertiary alicyclic amines) is 2. The van der Waals surface area contributed by atoms with Crippen LogP contribution < -0.4 is 39.0 Å². The van der Waals surface area contributed by atoms with Crippen molar-refractivity contribution in [2.24, 2.45) is 21.7 Å². The third kappa shape index (κ3) is 9.27. The number of esters is 1. The quantitative estimate of drug-likeness (QED) is 0.120. The van der Waals surface area contributed by atoms with E-state index in [-0.39, 0.29) is 82.1 Å². The number of carbonyl (C=O) groups excluding carboxylic acids is 1. The van der Waals surface area contributed by atoms with Gasteiger partial charge in [-0.05, 0) is 159 Å². The SMILES string of the molecule is COC(=O)C1(CN2CC3(Cc4ccc(OCc5c(F)cccc5C5CC5)cc4C3)C2)CC1.O=C(O)C1(CN2CC3(Cc4ccc(OCc5c(F)cccc5C5CC5)cc4C3)C2)CC1.[Na+].[OH-]. The molecule has 4 aromatic rings. The van der Waals surface area contributed by atoms with Gasteiger partial charge in [-0.3, -0.25) is 9.59 Å². The first kappa shape index (κ1) is 46.3. The summed E-state index contributed by atoms with van der Waals surface area (Å²) in [6.45, 7) is 6.12. The average Bonchev–Trinajstić information content (AvgIpc) is 4.04. The van der Waals surface area contributed by atoms with Crippen LogP contribution in [0.1, 0.15) is 108 Å². The molecule has 2 saturated heterocycles. The zero-order chi connectivity index (χ0) is 43.1. The van der Waals surface area contributed by atoms with Crippen LogP contribution in [0.25, 0.3) is 0 Å². The summed E-state index contributed by atoms with van der Waals surface area (Å²) in [6, 6.07) is 23.4. The van der Waals surface area contributed by atoms with Crippen molar-refractivity contribution in [2.45, 2.75) is 102 Å². The summed E-state index contributed by atoms with van der Waals surface area (Å²) in [5.74, 6) is 1.60. The molecule has 2 aliphatic heterocycles. The van der Waals surface area contributed by atoms with E-state index in [0.717, 1.165) is 132 Å². The first-order valence-corrected chi connectivity index (χ1v) is 23.3. The average molecular weight is 897 g/mol. The molecule has 6 fully saturated rings. The third-order valence-electron chi connectivity index (χ3n) is 15.8. The summed E-state index contributed by atoms with van der Waals surface area (Å²) in [5.41, 5.74) is 8.90. The molecule has 0 aromatic heterocycles. The Bertz CT molecular complexity index is 2470. The number of carboxylic acids is 1. The molecule has 0 amide bonds. The molecule has 2 heterocycles. The van der Waals surface area contributed by atoms with Gasteiger partial charge in [-0.1, -0.05) is 36.4 Å². The van der Waals surface area contributed by atoms with Crippen LogP contribution in [0.3, 0.4) is 0 Å². The first-order chi connectivity index (χ1) is 30.4. The van der Waals surface area contributed by atoms with Gasteiger partial charge in [0.15, 0.2) is 0 Å². The maximum absolute atomic E-state index is 14.4. The molecule has 0 unspecified atom stereocenters. The van der Waals surface area contributed by atoms with E-state index in [1.165, 1.54) is 41.5 Å². The van der Waals surface area contributed by atoms with Gasteiger partial charge in [0.05, 0.1) is 17.9 Å². The Kier molecular flexibility index (Phi) is 12.6. The molecule has 9 nitrogen and oxygen atoms in total. The van der Waals surface area contributed by atoms with E-state index in [1.54, 1.807) is 12.1 Å². The van der Waals surface area contributed by atoms with Gasteiger partial charge in [-0.25, -0.2) is 8.78 Å². The molecule has 12 heteroatoms. The normalized spacial score (nSPS) is 21.8. The van der Waals surface area contributed by atoms with Crippen molar-refractivity contribution in [3.63, 3.8) is 0 Å². The number of hydrogen-bond donors (Lipinski definition) is 1. The van der Waals surface area contributed by atoms with Gasteiger partial charge < -0.3 is 34.6 Å².